The molecular weight excluding hydrogens is 442 g/mol. The Bertz CT molecular complexity index is 1170. The zero-order valence-corrected chi connectivity index (χ0v) is 21.3. The molecule has 1 unspecified atom stereocenters. The number of fused-ring (bicyclic) bond motifs is 1. The molecule has 2 atom stereocenters. The first-order valence-electron chi connectivity index (χ1n) is 10.1. The van der Waals surface area contributed by atoms with Gasteiger partial charge in [-0.2, -0.15) is 0 Å². The predicted octanol–water partition coefficient (Wildman–Crippen LogP) is 4.12. The largest absolute Gasteiger partial charge is 0.457 e. The van der Waals surface area contributed by atoms with Crippen molar-refractivity contribution < 1.29 is 17.6 Å². The smallest absolute Gasteiger partial charge is 0.268 e. The van der Waals surface area contributed by atoms with Crippen molar-refractivity contribution in [1.82, 2.24) is 3.97 Å². The van der Waals surface area contributed by atoms with Gasteiger partial charge in [0.05, 0.1) is 16.0 Å². The summed E-state index contributed by atoms with van der Waals surface area (Å²) in [5, 5.41) is 11.9. The number of rotatable bonds is 7. The van der Waals surface area contributed by atoms with Gasteiger partial charge in [0.2, 0.25) is 20.2 Å². The van der Waals surface area contributed by atoms with Gasteiger partial charge in [-0.05, 0) is 36.6 Å². The Morgan fingerprint density at radius 3 is 2.16 bits per heavy atom. The molecule has 1 N–H and O–H groups in total. The summed E-state index contributed by atoms with van der Waals surface area (Å²) in [6, 6.07) is 17.6. The van der Waals surface area contributed by atoms with Gasteiger partial charge in [-0.15, -0.1) is 0 Å². The molecule has 163 valence electrons. The van der Waals surface area contributed by atoms with Crippen LogP contribution in [0.2, 0.25) is 5.04 Å². The zero-order valence-electron chi connectivity index (χ0n) is 18.5. The fourth-order valence-corrected chi connectivity index (χ4v) is 6.99. The number of benzene rings is 2. The number of hydrogen-bond donors (Lipinski definition) is 1. The minimum Gasteiger partial charge on any atom is -0.457 e. The van der Waals surface area contributed by atoms with Crippen LogP contribution in [0.3, 0.4) is 0 Å². The standard InChI is InChI=1S/C23H28NO4SSi2/c1-21(2,3)23(5,31-28-30)22(4,25)16-18-15-17-11-9-10-14-20(17)24(18)29(26,27)19-12-7-6-8-13-19/h6-15,25H,16H2,1-5H3/t22?,23-/m1/s1. The highest BCUT2D eigenvalue weighted by Gasteiger charge is 2.52. The second-order valence-corrected chi connectivity index (χ2v) is 13.1. The van der Waals surface area contributed by atoms with Gasteiger partial charge in [-0.3, -0.25) is 0 Å². The van der Waals surface area contributed by atoms with Crippen LogP contribution in [-0.2, 0) is 20.6 Å². The van der Waals surface area contributed by atoms with Gasteiger partial charge < -0.3 is 9.22 Å². The van der Waals surface area contributed by atoms with E-state index in [0.29, 0.717) is 11.2 Å². The molecule has 1 heterocycles. The van der Waals surface area contributed by atoms with Gasteiger partial charge in [0.15, 0.2) is 0 Å². The molecule has 0 fully saturated rings. The molecule has 8 heteroatoms. The average molecular weight is 471 g/mol. The van der Waals surface area contributed by atoms with E-state index in [-0.39, 0.29) is 26.5 Å². The molecule has 0 spiro atoms. The minimum absolute atomic E-state index is 0.0364. The Labute approximate surface area is 191 Å². The number of aliphatic hydroxyl groups is 1. The molecule has 3 rings (SSSR count). The molecule has 1 aromatic heterocycles. The summed E-state index contributed by atoms with van der Waals surface area (Å²) >= 11 is 0. The maximum Gasteiger partial charge on any atom is 0.268 e. The lowest BCUT2D eigenvalue weighted by molar-refractivity contribution is -0.0315. The van der Waals surface area contributed by atoms with E-state index < -0.39 is 20.7 Å². The molecule has 0 aliphatic heterocycles. The third-order valence-corrected chi connectivity index (χ3v) is 10.3. The molecule has 0 saturated carbocycles. The van der Waals surface area contributed by atoms with Crippen LogP contribution in [0.15, 0.2) is 65.6 Å². The van der Waals surface area contributed by atoms with Crippen LogP contribution in [-0.4, -0.2) is 43.3 Å². The van der Waals surface area contributed by atoms with Gasteiger partial charge in [-0.1, -0.05) is 64.1 Å². The second kappa shape index (κ2) is 8.33. The van der Waals surface area contributed by atoms with Crippen molar-refractivity contribution in [2.24, 2.45) is 5.41 Å². The van der Waals surface area contributed by atoms with E-state index in [4.69, 9.17) is 4.12 Å². The third-order valence-electron chi connectivity index (χ3n) is 6.38. The highest BCUT2D eigenvalue weighted by molar-refractivity contribution is 7.90. The molecule has 0 amide bonds. The van der Waals surface area contributed by atoms with E-state index >= 15 is 0 Å². The maximum absolute atomic E-state index is 13.6. The summed E-state index contributed by atoms with van der Waals surface area (Å²) in [6.07, 6.45) is 0.143. The van der Waals surface area contributed by atoms with Crippen LogP contribution < -0.4 is 0 Å². The summed E-state index contributed by atoms with van der Waals surface area (Å²) in [5.74, 6) is 0. The Morgan fingerprint density at radius 2 is 1.58 bits per heavy atom. The molecule has 0 bridgehead atoms. The Balaban J connectivity index is 2.21. The monoisotopic (exact) mass is 470 g/mol. The molecule has 31 heavy (non-hydrogen) atoms. The second-order valence-electron chi connectivity index (χ2n) is 9.31. The molecule has 0 saturated heterocycles. The normalized spacial score (nSPS) is 16.7. The summed E-state index contributed by atoms with van der Waals surface area (Å²) < 4.78 is 34.0. The fourth-order valence-electron chi connectivity index (χ4n) is 3.99. The summed E-state index contributed by atoms with van der Waals surface area (Å²) in [6.45, 7) is 9.89. The van der Waals surface area contributed by atoms with Crippen molar-refractivity contribution in [2.45, 2.75) is 56.6 Å². The highest BCUT2D eigenvalue weighted by Crippen LogP contribution is 2.53. The van der Waals surface area contributed by atoms with Crippen molar-refractivity contribution in [3.8, 4) is 0 Å². The van der Waals surface area contributed by atoms with Crippen molar-refractivity contribution >= 4 is 41.2 Å². The number of nitrogens with zero attached hydrogens (tertiary/aromatic N) is 1. The van der Waals surface area contributed by atoms with Crippen LogP contribution in [0.4, 0.5) is 0 Å². The molecule has 5 nitrogen and oxygen atoms in total. The molecule has 0 aliphatic carbocycles. The Hall–Kier alpha value is -1.72. The zero-order chi connectivity index (χ0) is 23.1. The van der Waals surface area contributed by atoms with E-state index in [1.54, 1.807) is 43.3 Å². The lowest BCUT2D eigenvalue weighted by Crippen LogP contribution is -2.52. The summed E-state index contributed by atoms with van der Waals surface area (Å²) in [4.78, 5) is 0.209. The lowest BCUT2D eigenvalue weighted by atomic mass is 9.69. The molecule has 0 aliphatic rings. The number of para-hydroxylation sites is 1. The van der Waals surface area contributed by atoms with Gasteiger partial charge >= 0.3 is 0 Å². The van der Waals surface area contributed by atoms with Crippen molar-refractivity contribution in [3.05, 3.63) is 66.4 Å². The fraction of sp³-hybridized carbons (Fsp3) is 0.391. The van der Waals surface area contributed by atoms with Gasteiger partial charge in [0.25, 0.3) is 10.0 Å². The van der Waals surface area contributed by atoms with Gasteiger partial charge in [-0.25, -0.2) is 12.4 Å². The molecular formula is C23H28NO4SSi2. The van der Waals surface area contributed by atoms with Crippen LogP contribution in [0.25, 0.3) is 10.9 Å². The molecule has 2 aromatic carbocycles. The average Bonchev–Trinajstić information content (AvgIpc) is 3.05. The third kappa shape index (κ3) is 4.19. The van der Waals surface area contributed by atoms with Crippen molar-refractivity contribution in [3.63, 3.8) is 0 Å². The van der Waals surface area contributed by atoms with Crippen molar-refractivity contribution in [2.75, 3.05) is 0 Å². The topological polar surface area (TPSA) is 68.5 Å². The van der Waals surface area contributed by atoms with Crippen LogP contribution in [0, 0.1) is 5.41 Å². The van der Waals surface area contributed by atoms with Crippen LogP contribution >= 0.6 is 0 Å². The predicted molar refractivity (Wildman–Crippen MR) is 126 cm³/mol. The molecule has 5 radical (unpaired) electrons. The first kappa shape index (κ1) is 23.9. The Kier molecular flexibility index (Phi) is 6.43. The maximum atomic E-state index is 13.6. The van der Waals surface area contributed by atoms with E-state index in [1.807, 2.05) is 31.2 Å². The van der Waals surface area contributed by atoms with Crippen molar-refractivity contribution in [1.29, 1.82) is 0 Å². The number of hydrogen-bond acceptors (Lipinski definition) is 4. The number of aromatic nitrogens is 1. The van der Waals surface area contributed by atoms with Gasteiger partial charge in [0.1, 0.15) is 0 Å². The van der Waals surface area contributed by atoms with E-state index in [9.17, 15) is 13.5 Å². The lowest BCUT2D eigenvalue weighted by Gasteiger charge is -2.50. The summed E-state index contributed by atoms with van der Waals surface area (Å²) in [5.41, 5.74) is -0.441. The Morgan fingerprint density at radius 1 is 1.00 bits per heavy atom. The van der Waals surface area contributed by atoms with Gasteiger partial charge in [0, 0.05) is 22.5 Å². The first-order valence-corrected chi connectivity index (χ1v) is 12.8. The highest BCUT2D eigenvalue weighted by atomic mass is 32.2. The first-order chi connectivity index (χ1) is 14.3. The molecule has 3 aromatic rings. The SMILES string of the molecule is CC(C)(C)[C@@](C)([Si]O[Si])C(C)(O)Cc1cc2ccccc2n1S(=O)(=O)c1ccccc1. The summed E-state index contributed by atoms with van der Waals surface area (Å²) in [7, 11) is -0.774. The van der Waals surface area contributed by atoms with Crippen LogP contribution in [0.5, 0.6) is 0 Å². The quantitative estimate of drug-likeness (QED) is 0.528. The minimum atomic E-state index is -3.85. The van der Waals surface area contributed by atoms with E-state index in [1.165, 1.54) is 3.97 Å². The van der Waals surface area contributed by atoms with Crippen LogP contribution in [0.1, 0.15) is 40.3 Å². The van der Waals surface area contributed by atoms with E-state index in [2.05, 4.69) is 31.3 Å². The van der Waals surface area contributed by atoms with E-state index in [0.717, 1.165) is 5.39 Å².